The van der Waals surface area contributed by atoms with Crippen LogP contribution in [-0.2, 0) is 6.54 Å². The molecule has 0 radical (unpaired) electrons. The minimum atomic E-state index is -0.849. The molecule has 2 nitrogen and oxygen atoms in total. The third-order valence-corrected chi connectivity index (χ3v) is 3.37. The van der Waals surface area contributed by atoms with Gasteiger partial charge in [-0.05, 0) is 29.8 Å². The zero-order valence-electron chi connectivity index (χ0n) is 10.7. The Hall–Kier alpha value is -1.75. The van der Waals surface area contributed by atoms with Crippen LogP contribution in [0.2, 0.25) is 0 Å². The topological polar surface area (TPSA) is 20.3 Å². The van der Waals surface area contributed by atoms with Crippen molar-refractivity contribution in [3.05, 3.63) is 69.7 Å². The highest BCUT2D eigenvalue weighted by Gasteiger charge is 2.16. The molecule has 1 amide bonds. The van der Waals surface area contributed by atoms with Gasteiger partial charge in [-0.3, -0.25) is 4.79 Å². The van der Waals surface area contributed by atoms with E-state index in [0.29, 0.717) is 12.6 Å². The maximum Gasteiger partial charge on any atom is 0.256 e. The number of rotatable bonds is 3. The zero-order valence-corrected chi connectivity index (χ0v) is 12.3. The Labute approximate surface area is 124 Å². The molecule has 0 unspecified atom stereocenters. The Morgan fingerprint density at radius 3 is 2.40 bits per heavy atom. The monoisotopic (exact) mass is 339 g/mol. The van der Waals surface area contributed by atoms with Crippen LogP contribution >= 0.6 is 15.9 Å². The van der Waals surface area contributed by atoms with Crippen LogP contribution in [0.1, 0.15) is 15.9 Å². The van der Waals surface area contributed by atoms with E-state index in [1.54, 1.807) is 7.05 Å². The second-order valence-electron chi connectivity index (χ2n) is 4.41. The summed E-state index contributed by atoms with van der Waals surface area (Å²) in [6.07, 6.45) is 0. The van der Waals surface area contributed by atoms with Gasteiger partial charge >= 0.3 is 0 Å². The number of carbonyl (C=O) groups excluding carboxylic acids is 1. The second-order valence-corrected chi connectivity index (χ2v) is 5.33. The molecule has 2 aromatic carbocycles. The third kappa shape index (κ3) is 3.42. The van der Waals surface area contributed by atoms with Gasteiger partial charge in [0.1, 0.15) is 11.6 Å². The summed E-state index contributed by atoms with van der Waals surface area (Å²) in [6.45, 7) is 0.350. The standard InChI is InChI=1S/C15H12BrF2NO/c1-19(9-10-2-4-11(16)5-3-10)15(20)13-7-6-12(17)8-14(13)18/h2-8H,9H2,1H3. The van der Waals surface area contributed by atoms with Gasteiger partial charge in [0.15, 0.2) is 0 Å². The molecular formula is C15H12BrF2NO. The molecule has 0 spiro atoms. The average Bonchev–Trinajstić information content (AvgIpc) is 2.40. The van der Waals surface area contributed by atoms with Gasteiger partial charge in [0.2, 0.25) is 0 Å². The van der Waals surface area contributed by atoms with Crippen molar-refractivity contribution >= 4 is 21.8 Å². The van der Waals surface area contributed by atoms with E-state index < -0.39 is 17.5 Å². The lowest BCUT2D eigenvalue weighted by Gasteiger charge is -2.17. The van der Waals surface area contributed by atoms with Crippen LogP contribution in [0.5, 0.6) is 0 Å². The third-order valence-electron chi connectivity index (χ3n) is 2.84. The largest absolute Gasteiger partial charge is 0.337 e. The van der Waals surface area contributed by atoms with Gasteiger partial charge in [-0.2, -0.15) is 0 Å². The fourth-order valence-electron chi connectivity index (χ4n) is 1.80. The molecule has 2 rings (SSSR count). The molecule has 0 atom stereocenters. The van der Waals surface area contributed by atoms with Crippen LogP contribution in [0.3, 0.4) is 0 Å². The quantitative estimate of drug-likeness (QED) is 0.827. The highest BCUT2D eigenvalue weighted by atomic mass is 79.9. The van der Waals surface area contributed by atoms with Gasteiger partial charge in [-0.25, -0.2) is 8.78 Å². The fourth-order valence-corrected chi connectivity index (χ4v) is 2.07. The predicted octanol–water partition coefficient (Wildman–Crippen LogP) is 4.00. The van der Waals surface area contributed by atoms with Crippen LogP contribution in [0.4, 0.5) is 8.78 Å². The summed E-state index contributed by atoms with van der Waals surface area (Å²) >= 11 is 3.33. The Morgan fingerprint density at radius 2 is 1.80 bits per heavy atom. The first-order valence-electron chi connectivity index (χ1n) is 5.92. The predicted molar refractivity (Wildman–Crippen MR) is 76.3 cm³/mol. The first kappa shape index (κ1) is 14.7. The summed E-state index contributed by atoms with van der Waals surface area (Å²) in [5.41, 5.74) is 0.789. The molecule has 104 valence electrons. The van der Waals surface area contributed by atoms with Crippen molar-refractivity contribution in [2.24, 2.45) is 0 Å². The lowest BCUT2D eigenvalue weighted by molar-refractivity contribution is 0.0780. The minimum Gasteiger partial charge on any atom is -0.337 e. The summed E-state index contributed by atoms with van der Waals surface area (Å²) < 4.78 is 27.3. The molecule has 0 aliphatic carbocycles. The molecule has 0 saturated carbocycles. The lowest BCUT2D eigenvalue weighted by atomic mass is 10.1. The van der Waals surface area contributed by atoms with Crippen LogP contribution in [0.15, 0.2) is 46.9 Å². The molecular weight excluding hydrogens is 328 g/mol. The molecule has 5 heteroatoms. The Morgan fingerprint density at radius 1 is 1.15 bits per heavy atom. The smallest absolute Gasteiger partial charge is 0.256 e. The maximum atomic E-state index is 13.6. The van der Waals surface area contributed by atoms with Crippen molar-refractivity contribution in [1.82, 2.24) is 4.90 Å². The summed E-state index contributed by atoms with van der Waals surface area (Å²) in [4.78, 5) is 13.5. The molecule has 0 saturated heterocycles. The van der Waals surface area contributed by atoms with Gasteiger partial charge < -0.3 is 4.90 Å². The highest BCUT2D eigenvalue weighted by molar-refractivity contribution is 9.10. The summed E-state index contributed by atoms with van der Waals surface area (Å²) in [6, 6.07) is 10.4. The molecule has 20 heavy (non-hydrogen) atoms. The Balaban J connectivity index is 2.14. The molecule has 0 fully saturated rings. The van der Waals surface area contributed by atoms with E-state index >= 15 is 0 Å². The van der Waals surface area contributed by atoms with Crippen LogP contribution in [-0.4, -0.2) is 17.9 Å². The Kier molecular flexibility index (Phi) is 4.49. The number of nitrogens with zero attached hydrogens (tertiary/aromatic N) is 1. The van der Waals surface area contributed by atoms with Crippen molar-refractivity contribution in [1.29, 1.82) is 0 Å². The van der Waals surface area contributed by atoms with E-state index in [2.05, 4.69) is 15.9 Å². The number of halogens is 3. The van der Waals surface area contributed by atoms with Gasteiger partial charge in [-0.1, -0.05) is 28.1 Å². The van der Waals surface area contributed by atoms with Gasteiger partial charge in [0.25, 0.3) is 5.91 Å². The molecule has 0 aliphatic rings. The minimum absolute atomic E-state index is 0.133. The number of hydrogen-bond donors (Lipinski definition) is 0. The van der Waals surface area contributed by atoms with Crippen molar-refractivity contribution in [2.75, 3.05) is 7.05 Å². The van der Waals surface area contributed by atoms with Gasteiger partial charge in [-0.15, -0.1) is 0 Å². The van der Waals surface area contributed by atoms with Crippen LogP contribution in [0.25, 0.3) is 0 Å². The van der Waals surface area contributed by atoms with Crippen molar-refractivity contribution < 1.29 is 13.6 Å². The van der Waals surface area contributed by atoms with Gasteiger partial charge in [0, 0.05) is 24.1 Å². The van der Waals surface area contributed by atoms with Crippen LogP contribution < -0.4 is 0 Å². The van der Waals surface area contributed by atoms with Crippen molar-refractivity contribution in [3.8, 4) is 0 Å². The van der Waals surface area contributed by atoms with Crippen LogP contribution in [0, 0.1) is 11.6 Å². The molecule has 0 aromatic heterocycles. The zero-order chi connectivity index (χ0) is 14.7. The number of hydrogen-bond acceptors (Lipinski definition) is 1. The van der Waals surface area contributed by atoms with Crippen molar-refractivity contribution in [2.45, 2.75) is 6.54 Å². The number of benzene rings is 2. The first-order chi connectivity index (χ1) is 9.47. The SMILES string of the molecule is CN(Cc1ccc(Br)cc1)C(=O)c1ccc(F)cc1F. The van der Waals surface area contributed by atoms with E-state index in [0.717, 1.165) is 22.2 Å². The summed E-state index contributed by atoms with van der Waals surface area (Å²) in [5, 5.41) is 0. The van der Waals surface area contributed by atoms with Crippen molar-refractivity contribution in [3.63, 3.8) is 0 Å². The number of carbonyl (C=O) groups is 1. The maximum absolute atomic E-state index is 13.6. The van der Waals surface area contributed by atoms with E-state index in [-0.39, 0.29) is 5.56 Å². The first-order valence-corrected chi connectivity index (χ1v) is 6.71. The normalized spacial score (nSPS) is 10.4. The Bertz CT molecular complexity index is 628. The molecule has 2 aromatic rings. The molecule has 0 aliphatic heterocycles. The average molecular weight is 340 g/mol. The molecule has 0 bridgehead atoms. The molecule has 0 N–H and O–H groups in total. The summed E-state index contributed by atoms with van der Waals surface area (Å²) in [5.74, 6) is -2.03. The second kappa shape index (κ2) is 6.13. The van der Waals surface area contributed by atoms with E-state index in [1.165, 1.54) is 4.90 Å². The highest BCUT2D eigenvalue weighted by Crippen LogP contribution is 2.15. The summed E-state index contributed by atoms with van der Waals surface area (Å²) in [7, 11) is 1.58. The van der Waals surface area contributed by atoms with E-state index in [1.807, 2.05) is 24.3 Å². The lowest BCUT2D eigenvalue weighted by Crippen LogP contribution is -2.27. The fraction of sp³-hybridized carbons (Fsp3) is 0.133. The molecule has 0 heterocycles. The van der Waals surface area contributed by atoms with Gasteiger partial charge in [0.05, 0.1) is 5.56 Å². The number of amides is 1. The van der Waals surface area contributed by atoms with E-state index in [9.17, 15) is 13.6 Å². The van der Waals surface area contributed by atoms with E-state index in [4.69, 9.17) is 0 Å².